The maximum absolute atomic E-state index is 12.5. The van der Waals surface area contributed by atoms with Crippen molar-refractivity contribution in [3.05, 3.63) is 35.4 Å². The first kappa shape index (κ1) is 33.1. The predicted octanol–water partition coefficient (Wildman–Crippen LogP) is -0.557. The Morgan fingerprint density at radius 1 is 1.09 bits per heavy atom. The molecule has 2 aliphatic rings. The van der Waals surface area contributed by atoms with Crippen molar-refractivity contribution in [2.75, 3.05) is 38.9 Å². The Labute approximate surface area is 256 Å². The molecule has 5 heterocycles. The van der Waals surface area contributed by atoms with E-state index >= 15 is 0 Å². The minimum absolute atomic E-state index is 0.0152. The predicted molar refractivity (Wildman–Crippen MR) is 156 cm³/mol. The number of aliphatic hydroxyl groups excluding tert-OH is 1. The number of methoxy groups -OCH3 is 2. The van der Waals surface area contributed by atoms with Crippen LogP contribution in [0.2, 0.25) is 0 Å². The summed E-state index contributed by atoms with van der Waals surface area (Å²) in [6, 6.07) is 1.40. The molecule has 0 amide bonds. The zero-order valence-electron chi connectivity index (χ0n) is 23.0. The molecular formula is C21H28N8O11P2S2. The molecule has 0 saturated carbocycles. The van der Waals surface area contributed by atoms with Crippen LogP contribution in [0.25, 0.3) is 11.2 Å². The second kappa shape index (κ2) is 14.4. The van der Waals surface area contributed by atoms with Crippen LogP contribution >= 0.6 is 15.3 Å². The topological polar surface area (TPSA) is 250 Å². The van der Waals surface area contributed by atoms with Crippen molar-refractivity contribution in [1.82, 2.24) is 29.1 Å². The van der Waals surface area contributed by atoms with E-state index in [1.807, 2.05) is 0 Å². The number of fused-ring (bicyclic) bond motifs is 1. The van der Waals surface area contributed by atoms with Crippen LogP contribution in [-0.2, 0) is 61.2 Å². The van der Waals surface area contributed by atoms with Crippen molar-refractivity contribution in [3.8, 4) is 0 Å². The quantitative estimate of drug-likeness (QED) is 0.159. The van der Waals surface area contributed by atoms with Crippen LogP contribution in [0.5, 0.6) is 0 Å². The molecule has 9 unspecified atom stereocenters. The van der Waals surface area contributed by atoms with Gasteiger partial charge in [-0.25, -0.2) is 0 Å². The van der Waals surface area contributed by atoms with E-state index in [4.69, 9.17) is 43.0 Å². The molecule has 5 rings (SSSR count). The molecule has 19 nitrogen and oxygen atoms in total. The van der Waals surface area contributed by atoms with Gasteiger partial charge in [0.05, 0.1) is 0 Å². The molecule has 3 aromatic rings. The van der Waals surface area contributed by atoms with Crippen LogP contribution < -0.4 is 17.2 Å². The zero-order valence-corrected chi connectivity index (χ0v) is 26.5. The van der Waals surface area contributed by atoms with E-state index in [-0.39, 0.29) is 18.2 Å². The average molecular weight is 695 g/mol. The van der Waals surface area contributed by atoms with Gasteiger partial charge in [0.25, 0.3) is 0 Å². The summed E-state index contributed by atoms with van der Waals surface area (Å²) in [4.78, 5) is 28.6. The molecular weight excluding hydrogens is 666 g/mol. The van der Waals surface area contributed by atoms with E-state index in [0.717, 1.165) is 4.57 Å². The van der Waals surface area contributed by atoms with Crippen LogP contribution in [0.4, 0.5) is 11.6 Å². The molecule has 44 heavy (non-hydrogen) atoms. The van der Waals surface area contributed by atoms with Crippen LogP contribution in [0.1, 0.15) is 12.5 Å². The van der Waals surface area contributed by atoms with Gasteiger partial charge >= 0.3 is 257 Å². The number of aromatic nitrogens is 6. The van der Waals surface area contributed by atoms with E-state index in [2.05, 4.69) is 28.0 Å². The molecule has 3 aromatic heterocycles. The number of aliphatic hydroxyl groups is 1. The zero-order chi connectivity index (χ0) is 31.5. The second-order valence-corrected chi connectivity index (χ2v) is 13.3. The third kappa shape index (κ3) is 6.64. The number of hydrogen-bond donors (Lipinski definition) is 3. The molecule has 0 radical (unpaired) electrons. The van der Waals surface area contributed by atoms with Gasteiger partial charge in [-0.2, -0.15) is 0 Å². The van der Waals surface area contributed by atoms with E-state index in [9.17, 15) is 18.7 Å². The number of nitrogens with zero attached hydrogens (tertiary/aromatic N) is 6. The molecule has 2 aliphatic heterocycles. The van der Waals surface area contributed by atoms with Crippen molar-refractivity contribution in [1.29, 1.82) is 0 Å². The molecule has 23 heteroatoms. The van der Waals surface area contributed by atoms with Gasteiger partial charge in [-0.05, 0) is 0 Å². The molecule has 5 N–H and O–H groups in total. The molecule has 2 saturated heterocycles. The molecule has 0 aliphatic carbocycles. The number of imidazole rings is 1. The normalized spacial score (nSPS) is 29.5. The fraction of sp³-hybridized carbons (Fsp3) is 0.571. The number of nitrogens with two attached hydrogens (primary N) is 2. The Hall–Kier alpha value is -2.26. The Morgan fingerprint density at radius 2 is 1.80 bits per heavy atom. The fourth-order valence-electron chi connectivity index (χ4n) is 4.94. The minimum atomic E-state index is -1.92. The Bertz CT molecular complexity index is 1680. The van der Waals surface area contributed by atoms with Crippen molar-refractivity contribution >= 4 is 58.9 Å². The third-order valence-electron chi connectivity index (χ3n) is 6.87. The summed E-state index contributed by atoms with van der Waals surface area (Å²) < 4.78 is 67.5. The summed E-state index contributed by atoms with van der Waals surface area (Å²) >= 11 is 0. The molecule has 0 aromatic carbocycles. The van der Waals surface area contributed by atoms with E-state index in [1.54, 1.807) is 4.57 Å². The van der Waals surface area contributed by atoms with Gasteiger partial charge in [0.15, 0.2) is 0 Å². The van der Waals surface area contributed by atoms with Crippen LogP contribution in [0, 0.1) is 0 Å². The van der Waals surface area contributed by atoms with E-state index < -0.39 is 89.5 Å². The third-order valence-corrected chi connectivity index (χ3v) is 9.34. The molecule has 2 fully saturated rings. The second-order valence-electron chi connectivity index (χ2n) is 9.27. The van der Waals surface area contributed by atoms with Gasteiger partial charge in [0.1, 0.15) is 0 Å². The van der Waals surface area contributed by atoms with E-state index in [1.165, 1.54) is 39.1 Å². The number of anilines is 2. The number of ether oxygens (including phenoxy) is 4. The first-order valence-corrected chi connectivity index (χ1v) is 17.4. The van der Waals surface area contributed by atoms with Crippen LogP contribution in [0.3, 0.4) is 0 Å². The van der Waals surface area contributed by atoms with Crippen molar-refractivity contribution in [2.45, 2.75) is 49.1 Å². The first-order chi connectivity index (χ1) is 21.2. The van der Waals surface area contributed by atoms with Crippen molar-refractivity contribution in [2.24, 2.45) is 0 Å². The van der Waals surface area contributed by atoms with Gasteiger partial charge in [0.2, 0.25) is 0 Å². The number of nitrogen functional groups attached to an aromatic ring is 2. The Kier molecular flexibility index (Phi) is 10.9. The number of hydrogen-bond acceptors (Lipinski definition) is 18. The number of rotatable bonds is 12. The Morgan fingerprint density at radius 3 is 2.45 bits per heavy atom. The first-order valence-electron chi connectivity index (χ1n) is 12.6. The molecule has 240 valence electrons. The summed E-state index contributed by atoms with van der Waals surface area (Å²) in [6.07, 6.45) is -3.54. The summed E-state index contributed by atoms with van der Waals surface area (Å²) in [7, 11) is 1.47. The van der Waals surface area contributed by atoms with Crippen LogP contribution in [0.15, 0.2) is 29.7 Å². The van der Waals surface area contributed by atoms with Crippen molar-refractivity contribution < 1.29 is 45.4 Å². The van der Waals surface area contributed by atoms with Crippen LogP contribution in [-0.4, -0.2) is 98.2 Å². The SMILES string of the molecule is COC1C(OS(OCC2OC(n3cnc4c(N)ncnc43)C(OC)C2O[S-](=O)=P)=[P+]=O)C(CO)OC1n1ccc(N)nc1=O. The standard InChI is InChI=1S/C21H27N8O11P2S2/c1-34-15-13(9(5-30)37-19(15)28-4-3-11(22)27-21(28)31)40-44(42-32)36-6-10-14(39-43(33)41)16(35-2)20(38-10)29-8-26-12-17(23)24-7-25-18(12)29/h3-4,7-10,13-16,19-20,30,41H,5-6H2,1-2H3,(H3-,22,23,24,25,27,31)/q-1/p+1. The summed E-state index contributed by atoms with van der Waals surface area (Å²) in [5.74, 6) is 0.179. The molecule has 0 spiro atoms. The summed E-state index contributed by atoms with van der Waals surface area (Å²) in [5.41, 5.74) is 11.5. The van der Waals surface area contributed by atoms with Crippen molar-refractivity contribution in [3.63, 3.8) is 0 Å². The maximum atomic E-state index is 12.5. The van der Waals surface area contributed by atoms with Gasteiger partial charge in [-0.1, -0.05) is 0 Å². The average Bonchev–Trinajstić information content (AvgIpc) is 3.68. The van der Waals surface area contributed by atoms with Gasteiger partial charge in [-0.3, -0.25) is 0 Å². The monoisotopic (exact) mass is 694 g/mol. The fourth-order valence-corrected chi connectivity index (χ4v) is 7.23. The van der Waals surface area contributed by atoms with E-state index in [0.29, 0.717) is 11.2 Å². The molecule has 9 atom stereocenters. The molecule has 0 bridgehead atoms. The van der Waals surface area contributed by atoms with Gasteiger partial charge in [0, 0.05) is 0 Å². The van der Waals surface area contributed by atoms with Gasteiger partial charge in [-0.15, -0.1) is 0 Å². The Balaban J connectivity index is 1.34. The summed E-state index contributed by atoms with van der Waals surface area (Å²) in [5, 5.41) is 9.99. The summed E-state index contributed by atoms with van der Waals surface area (Å²) in [6.45, 7) is -0.792. The van der Waals surface area contributed by atoms with Gasteiger partial charge < -0.3 is 0 Å².